The summed E-state index contributed by atoms with van der Waals surface area (Å²) in [5.74, 6) is -2.63. The second-order valence-corrected chi connectivity index (χ2v) is 11.5. The Bertz CT molecular complexity index is 2130. The fraction of sp³-hybridized carbons (Fsp3) is 0.211. The molecule has 0 aliphatic heterocycles. The third-order valence-corrected chi connectivity index (χ3v) is 7.85. The predicted octanol–water partition coefficient (Wildman–Crippen LogP) is 2.61. The Labute approximate surface area is 304 Å². The number of benzene rings is 4. The molecule has 0 radical (unpaired) electrons. The number of aliphatic hydroxyl groups excluding tert-OH is 2. The molecule has 0 saturated heterocycles. The lowest BCUT2D eigenvalue weighted by Gasteiger charge is -2.14. The zero-order valence-corrected chi connectivity index (χ0v) is 29.0. The monoisotopic (exact) mass is 724 g/mol. The van der Waals surface area contributed by atoms with Gasteiger partial charge in [-0.05, 0) is 59.7 Å². The molecule has 15 heteroatoms. The Kier molecular flexibility index (Phi) is 14.3. The van der Waals surface area contributed by atoms with Crippen LogP contribution in [0.3, 0.4) is 0 Å². The number of esters is 2. The van der Waals surface area contributed by atoms with E-state index in [-0.39, 0.29) is 6.61 Å². The standard InChI is InChI=1S/C19H19N3O4.C15H12N2O2.C4H9NO3/c1-26-19(25)16(11-23)21-18(24)14-8-6-13(7-9-14)10-22-12-20-15-4-2-3-5-17(15)22;18-15(19)12-7-5-11(6-8-12)9-17-10-16-13-3-1-2-4-14(13)17;1-8-4(7)3(5)2-6/h2-9,12,16,23H,10-11H2,1H3,(H,21,24);1-8,10H,9H2,(H,18,19);3,6H,2,5H2,1H3. The van der Waals surface area contributed by atoms with Crippen LogP contribution in [0.25, 0.3) is 22.1 Å². The molecule has 0 aliphatic rings. The molecule has 0 aliphatic carbocycles. The molecule has 2 heterocycles. The summed E-state index contributed by atoms with van der Waals surface area (Å²) in [5, 5.41) is 28.7. The van der Waals surface area contributed by atoms with Crippen LogP contribution in [0.2, 0.25) is 0 Å². The topological polar surface area (TPSA) is 221 Å². The molecule has 0 bridgehead atoms. The molecule has 1 amide bonds. The lowest BCUT2D eigenvalue weighted by atomic mass is 10.1. The molecule has 2 aromatic heterocycles. The van der Waals surface area contributed by atoms with Crippen LogP contribution in [0.5, 0.6) is 0 Å². The van der Waals surface area contributed by atoms with Crippen LogP contribution in [0.1, 0.15) is 31.8 Å². The first kappa shape index (κ1) is 39.4. The number of carboxylic acid groups (broad SMARTS) is 1. The van der Waals surface area contributed by atoms with E-state index in [0.29, 0.717) is 24.2 Å². The zero-order valence-electron chi connectivity index (χ0n) is 29.0. The number of hydrogen-bond acceptors (Lipinski definition) is 11. The van der Waals surface area contributed by atoms with Crippen LogP contribution >= 0.6 is 0 Å². The van der Waals surface area contributed by atoms with Crippen molar-refractivity contribution in [3.63, 3.8) is 0 Å². The summed E-state index contributed by atoms with van der Waals surface area (Å²) in [6.45, 7) is 0.418. The van der Waals surface area contributed by atoms with Gasteiger partial charge in [0.05, 0.1) is 67.7 Å². The highest BCUT2D eigenvalue weighted by Crippen LogP contribution is 2.16. The molecule has 6 rings (SSSR count). The Morgan fingerprint density at radius 3 is 1.53 bits per heavy atom. The van der Waals surface area contributed by atoms with Crippen LogP contribution in [0.4, 0.5) is 0 Å². The fourth-order valence-electron chi connectivity index (χ4n) is 4.97. The summed E-state index contributed by atoms with van der Waals surface area (Å²) in [5.41, 5.74) is 11.8. The lowest BCUT2D eigenvalue weighted by molar-refractivity contribution is -0.144. The van der Waals surface area contributed by atoms with Crippen LogP contribution in [0.15, 0.2) is 110 Å². The number of hydrogen-bond donors (Lipinski definition) is 5. The minimum absolute atomic E-state index is 0.305. The second kappa shape index (κ2) is 19.3. The number of methoxy groups -OCH3 is 2. The van der Waals surface area contributed by atoms with Gasteiger partial charge in [-0.3, -0.25) is 9.59 Å². The van der Waals surface area contributed by atoms with Gasteiger partial charge in [-0.1, -0.05) is 48.5 Å². The van der Waals surface area contributed by atoms with Crippen LogP contribution in [0, 0.1) is 0 Å². The average Bonchev–Trinajstić information content (AvgIpc) is 3.80. The predicted molar refractivity (Wildman–Crippen MR) is 195 cm³/mol. The van der Waals surface area contributed by atoms with E-state index in [1.807, 2.05) is 81.9 Å². The van der Waals surface area contributed by atoms with Gasteiger partial charge >= 0.3 is 17.9 Å². The molecule has 15 nitrogen and oxygen atoms in total. The molecule has 2 atom stereocenters. The number of aliphatic hydroxyl groups is 2. The first-order valence-corrected chi connectivity index (χ1v) is 16.2. The molecular formula is C38H40N6O9. The summed E-state index contributed by atoms with van der Waals surface area (Å²) in [7, 11) is 2.42. The number of rotatable bonds is 11. The van der Waals surface area contributed by atoms with Gasteiger partial charge in [0.1, 0.15) is 6.04 Å². The number of aromatic carboxylic acids is 1. The summed E-state index contributed by atoms with van der Waals surface area (Å²) >= 11 is 0. The summed E-state index contributed by atoms with van der Waals surface area (Å²) in [6, 6.07) is 27.8. The largest absolute Gasteiger partial charge is 0.478 e. The number of imidazole rings is 2. The fourth-order valence-corrected chi connectivity index (χ4v) is 4.97. The number of fused-ring (bicyclic) bond motifs is 2. The second-order valence-electron chi connectivity index (χ2n) is 11.5. The number of aromatic nitrogens is 4. The van der Waals surface area contributed by atoms with E-state index < -0.39 is 42.5 Å². The molecular weight excluding hydrogens is 684 g/mol. The number of nitrogens with two attached hydrogens (primary N) is 1. The third kappa shape index (κ3) is 10.8. The van der Waals surface area contributed by atoms with Gasteiger partial charge in [-0.15, -0.1) is 0 Å². The van der Waals surface area contributed by atoms with Crippen LogP contribution in [-0.2, 0) is 32.2 Å². The smallest absolute Gasteiger partial charge is 0.335 e. The molecule has 276 valence electrons. The Morgan fingerprint density at radius 2 is 1.13 bits per heavy atom. The lowest BCUT2D eigenvalue weighted by Crippen LogP contribution is -2.44. The van der Waals surface area contributed by atoms with E-state index >= 15 is 0 Å². The van der Waals surface area contributed by atoms with Crippen molar-refractivity contribution in [2.75, 3.05) is 27.4 Å². The maximum absolute atomic E-state index is 12.2. The molecule has 0 spiro atoms. The highest BCUT2D eigenvalue weighted by atomic mass is 16.5. The molecule has 0 saturated carbocycles. The van der Waals surface area contributed by atoms with Gasteiger partial charge in [-0.2, -0.15) is 0 Å². The normalized spacial score (nSPS) is 11.6. The van der Waals surface area contributed by atoms with E-state index in [4.69, 9.17) is 15.9 Å². The van der Waals surface area contributed by atoms with E-state index in [2.05, 4.69) is 24.8 Å². The number of ether oxygens (including phenoxy) is 2. The van der Waals surface area contributed by atoms with Crippen molar-refractivity contribution >= 4 is 45.9 Å². The molecule has 6 N–H and O–H groups in total. The van der Waals surface area contributed by atoms with E-state index in [9.17, 15) is 24.3 Å². The first-order valence-electron chi connectivity index (χ1n) is 16.2. The van der Waals surface area contributed by atoms with Crippen molar-refractivity contribution in [2.24, 2.45) is 5.73 Å². The molecule has 4 aromatic carbocycles. The number of nitrogens with zero attached hydrogens (tertiary/aromatic N) is 4. The van der Waals surface area contributed by atoms with Crippen molar-refractivity contribution in [3.8, 4) is 0 Å². The SMILES string of the molecule is COC(=O)C(CO)NC(=O)c1ccc(Cn2cnc3ccccc32)cc1.COC(=O)C(N)CO.O=C(O)c1ccc(Cn2cnc3ccccc32)cc1. The molecule has 2 unspecified atom stereocenters. The number of carbonyl (C=O) groups excluding carboxylic acids is 3. The number of carbonyl (C=O) groups is 4. The van der Waals surface area contributed by atoms with Gasteiger partial charge in [0.25, 0.3) is 5.91 Å². The van der Waals surface area contributed by atoms with Crippen molar-refractivity contribution in [1.82, 2.24) is 24.4 Å². The Morgan fingerprint density at radius 1 is 0.679 bits per heavy atom. The molecule has 0 fully saturated rings. The first-order chi connectivity index (χ1) is 25.6. The summed E-state index contributed by atoms with van der Waals surface area (Å²) in [4.78, 5) is 53.3. The number of carboxylic acids is 1. The van der Waals surface area contributed by atoms with Gasteiger partial charge in [0.15, 0.2) is 6.04 Å². The van der Waals surface area contributed by atoms with Crippen molar-refractivity contribution in [3.05, 3.63) is 132 Å². The van der Waals surface area contributed by atoms with Crippen molar-refractivity contribution < 1.29 is 44.0 Å². The van der Waals surface area contributed by atoms with Gasteiger partial charge in [0.2, 0.25) is 0 Å². The van der Waals surface area contributed by atoms with Crippen LogP contribution < -0.4 is 11.1 Å². The number of amides is 1. The van der Waals surface area contributed by atoms with Crippen molar-refractivity contribution in [2.45, 2.75) is 25.2 Å². The third-order valence-electron chi connectivity index (χ3n) is 7.85. The Balaban J connectivity index is 0.000000203. The highest BCUT2D eigenvalue weighted by molar-refractivity contribution is 5.96. The zero-order chi connectivity index (χ0) is 38.3. The quantitative estimate of drug-likeness (QED) is 0.122. The summed E-state index contributed by atoms with van der Waals surface area (Å²) < 4.78 is 12.8. The average molecular weight is 725 g/mol. The number of para-hydroxylation sites is 4. The van der Waals surface area contributed by atoms with E-state index in [1.165, 1.54) is 14.2 Å². The minimum Gasteiger partial charge on any atom is -0.478 e. The van der Waals surface area contributed by atoms with E-state index in [0.717, 1.165) is 33.2 Å². The minimum atomic E-state index is -1.08. The molecule has 6 aromatic rings. The van der Waals surface area contributed by atoms with Gasteiger partial charge < -0.3 is 45.0 Å². The summed E-state index contributed by atoms with van der Waals surface area (Å²) in [6.07, 6.45) is 3.59. The molecule has 53 heavy (non-hydrogen) atoms. The van der Waals surface area contributed by atoms with Crippen LogP contribution in [-0.4, -0.2) is 97.8 Å². The van der Waals surface area contributed by atoms with Gasteiger partial charge in [0, 0.05) is 18.7 Å². The maximum Gasteiger partial charge on any atom is 0.335 e. The van der Waals surface area contributed by atoms with E-state index in [1.54, 1.807) is 36.9 Å². The highest BCUT2D eigenvalue weighted by Gasteiger charge is 2.21. The maximum atomic E-state index is 12.2. The Hall–Kier alpha value is -6.42. The number of nitrogens with one attached hydrogen (secondary N) is 1. The van der Waals surface area contributed by atoms with Crippen molar-refractivity contribution in [1.29, 1.82) is 0 Å². The van der Waals surface area contributed by atoms with Gasteiger partial charge in [-0.25, -0.2) is 19.6 Å².